The molecule has 20 heavy (non-hydrogen) atoms. The first-order valence-electron chi connectivity index (χ1n) is 6.87. The molecule has 5 heteroatoms. The van der Waals surface area contributed by atoms with Crippen molar-refractivity contribution in [1.29, 1.82) is 0 Å². The highest BCUT2D eigenvalue weighted by Gasteiger charge is 2.42. The van der Waals surface area contributed by atoms with Gasteiger partial charge in [0.25, 0.3) is 5.91 Å². The lowest BCUT2D eigenvalue weighted by molar-refractivity contribution is 0.0778. The molecule has 110 valence electrons. The van der Waals surface area contributed by atoms with E-state index >= 15 is 0 Å². The predicted octanol–water partition coefficient (Wildman–Crippen LogP) is 2.37. The van der Waals surface area contributed by atoms with Gasteiger partial charge < -0.3 is 10.6 Å². The quantitative estimate of drug-likeness (QED) is 0.865. The first-order valence-corrected chi connectivity index (χ1v) is 6.87. The predicted molar refractivity (Wildman–Crippen MR) is 78.5 cm³/mol. The van der Waals surface area contributed by atoms with E-state index in [4.69, 9.17) is 5.73 Å². The Hall–Kier alpha value is -1.13. The van der Waals surface area contributed by atoms with Crippen LogP contribution in [-0.4, -0.2) is 29.9 Å². The highest BCUT2D eigenvalue weighted by atomic mass is 35.5. The van der Waals surface area contributed by atoms with Crippen LogP contribution in [0.1, 0.15) is 28.8 Å². The molecule has 3 unspecified atom stereocenters. The van der Waals surface area contributed by atoms with Crippen molar-refractivity contribution < 1.29 is 9.18 Å². The third kappa shape index (κ3) is 2.54. The van der Waals surface area contributed by atoms with Gasteiger partial charge in [-0.3, -0.25) is 4.79 Å². The van der Waals surface area contributed by atoms with Gasteiger partial charge in [-0.2, -0.15) is 0 Å². The minimum absolute atomic E-state index is 0. The van der Waals surface area contributed by atoms with Crippen molar-refractivity contribution >= 4 is 18.3 Å². The zero-order chi connectivity index (χ0) is 13.6. The SMILES string of the molecule is Cc1ccc(F)cc1C(=O)N1CC2CCC(N)C2C1.Cl. The molecule has 3 rings (SSSR count). The monoisotopic (exact) mass is 298 g/mol. The molecular weight excluding hydrogens is 279 g/mol. The van der Waals surface area contributed by atoms with E-state index in [1.54, 1.807) is 6.07 Å². The lowest BCUT2D eigenvalue weighted by atomic mass is 9.98. The number of hydrogen-bond acceptors (Lipinski definition) is 2. The summed E-state index contributed by atoms with van der Waals surface area (Å²) in [5.74, 6) is 0.550. The van der Waals surface area contributed by atoms with Crippen molar-refractivity contribution in [3.8, 4) is 0 Å². The molecule has 2 fully saturated rings. The summed E-state index contributed by atoms with van der Waals surface area (Å²) in [6.45, 7) is 3.34. The third-order valence-electron chi connectivity index (χ3n) is 4.63. The average Bonchev–Trinajstić information content (AvgIpc) is 2.94. The fraction of sp³-hybridized carbons (Fsp3) is 0.533. The zero-order valence-corrected chi connectivity index (χ0v) is 12.3. The first kappa shape index (κ1) is 15.3. The van der Waals surface area contributed by atoms with Crippen LogP contribution in [0.3, 0.4) is 0 Å². The number of carbonyl (C=O) groups excluding carboxylic acids is 1. The third-order valence-corrected chi connectivity index (χ3v) is 4.63. The average molecular weight is 299 g/mol. The summed E-state index contributed by atoms with van der Waals surface area (Å²) in [6, 6.07) is 4.61. The summed E-state index contributed by atoms with van der Waals surface area (Å²) in [6.07, 6.45) is 2.17. The topological polar surface area (TPSA) is 46.3 Å². The van der Waals surface area contributed by atoms with Gasteiger partial charge in [0.15, 0.2) is 0 Å². The zero-order valence-electron chi connectivity index (χ0n) is 11.5. The molecule has 3 atom stereocenters. The Bertz CT molecular complexity index is 523. The number of likely N-dealkylation sites (tertiary alicyclic amines) is 1. The van der Waals surface area contributed by atoms with Gasteiger partial charge in [0.1, 0.15) is 5.82 Å². The van der Waals surface area contributed by atoms with Crippen LogP contribution >= 0.6 is 12.4 Å². The lowest BCUT2D eigenvalue weighted by Crippen LogP contribution is -2.33. The summed E-state index contributed by atoms with van der Waals surface area (Å²) >= 11 is 0. The van der Waals surface area contributed by atoms with Gasteiger partial charge in [-0.15, -0.1) is 12.4 Å². The van der Waals surface area contributed by atoms with E-state index in [2.05, 4.69) is 0 Å². The van der Waals surface area contributed by atoms with E-state index in [1.165, 1.54) is 12.1 Å². The molecule has 0 bridgehead atoms. The molecule has 1 aromatic carbocycles. The molecule has 1 amide bonds. The van der Waals surface area contributed by atoms with E-state index in [-0.39, 0.29) is 30.2 Å². The maximum atomic E-state index is 13.3. The fourth-order valence-corrected chi connectivity index (χ4v) is 3.47. The molecule has 1 saturated carbocycles. The molecule has 0 radical (unpaired) electrons. The highest BCUT2D eigenvalue weighted by molar-refractivity contribution is 5.95. The van der Waals surface area contributed by atoms with E-state index in [9.17, 15) is 9.18 Å². The fourth-order valence-electron chi connectivity index (χ4n) is 3.47. The molecule has 1 heterocycles. The molecule has 1 aromatic rings. The van der Waals surface area contributed by atoms with Gasteiger partial charge in [0, 0.05) is 24.7 Å². The molecule has 0 aromatic heterocycles. The number of carbonyl (C=O) groups is 1. The standard InChI is InChI=1S/C15H19FN2O.ClH/c1-9-2-4-11(16)6-12(9)15(19)18-7-10-3-5-14(17)13(10)8-18;/h2,4,6,10,13-14H,3,5,7-8,17H2,1H3;1H. The Labute approximate surface area is 124 Å². The van der Waals surface area contributed by atoms with Gasteiger partial charge in [0.2, 0.25) is 0 Å². The normalized spacial score (nSPS) is 28.1. The Morgan fingerprint density at radius 3 is 2.80 bits per heavy atom. The van der Waals surface area contributed by atoms with Crippen LogP contribution < -0.4 is 5.73 Å². The number of fused-ring (bicyclic) bond motifs is 1. The Morgan fingerprint density at radius 2 is 2.10 bits per heavy atom. The Balaban J connectivity index is 0.00000147. The molecular formula is C15H20ClFN2O. The van der Waals surface area contributed by atoms with Gasteiger partial charge in [0.05, 0.1) is 0 Å². The number of amides is 1. The summed E-state index contributed by atoms with van der Waals surface area (Å²) in [4.78, 5) is 14.3. The Morgan fingerprint density at radius 1 is 1.35 bits per heavy atom. The molecule has 2 aliphatic rings. The second-order valence-corrected chi connectivity index (χ2v) is 5.83. The van der Waals surface area contributed by atoms with Crippen molar-refractivity contribution in [2.24, 2.45) is 17.6 Å². The molecule has 1 aliphatic carbocycles. The number of aryl methyl sites for hydroxylation is 1. The van der Waals surface area contributed by atoms with Crippen molar-refractivity contribution in [3.05, 3.63) is 35.1 Å². The van der Waals surface area contributed by atoms with Crippen molar-refractivity contribution in [2.75, 3.05) is 13.1 Å². The minimum Gasteiger partial charge on any atom is -0.338 e. The number of halogens is 2. The van der Waals surface area contributed by atoms with Gasteiger partial charge in [-0.25, -0.2) is 4.39 Å². The second-order valence-electron chi connectivity index (χ2n) is 5.83. The molecule has 3 nitrogen and oxygen atoms in total. The summed E-state index contributed by atoms with van der Waals surface area (Å²) < 4.78 is 13.3. The van der Waals surface area contributed by atoms with Gasteiger partial charge in [-0.05, 0) is 49.3 Å². The Kier molecular flexibility index (Phi) is 4.35. The van der Waals surface area contributed by atoms with Crippen molar-refractivity contribution in [2.45, 2.75) is 25.8 Å². The number of benzene rings is 1. The smallest absolute Gasteiger partial charge is 0.254 e. The molecule has 2 N–H and O–H groups in total. The number of hydrogen-bond donors (Lipinski definition) is 1. The largest absolute Gasteiger partial charge is 0.338 e. The minimum atomic E-state index is -0.356. The first-order chi connectivity index (χ1) is 9.06. The lowest BCUT2D eigenvalue weighted by Gasteiger charge is -2.19. The van der Waals surface area contributed by atoms with E-state index in [0.29, 0.717) is 17.4 Å². The van der Waals surface area contributed by atoms with E-state index < -0.39 is 0 Å². The highest BCUT2D eigenvalue weighted by Crippen LogP contribution is 2.37. The van der Waals surface area contributed by atoms with Crippen LogP contribution in [-0.2, 0) is 0 Å². The second kappa shape index (κ2) is 5.70. The van der Waals surface area contributed by atoms with Crippen LogP contribution in [0.5, 0.6) is 0 Å². The van der Waals surface area contributed by atoms with Crippen molar-refractivity contribution in [1.82, 2.24) is 4.90 Å². The maximum Gasteiger partial charge on any atom is 0.254 e. The van der Waals surface area contributed by atoms with Crippen LogP contribution in [0.2, 0.25) is 0 Å². The van der Waals surface area contributed by atoms with Crippen molar-refractivity contribution in [3.63, 3.8) is 0 Å². The number of nitrogens with zero attached hydrogens (tertiary/aromatic N) is 1. The molecule has 0 spiro atoms. The van der Waals surface area contributed by atoms with E-state index in [0.717, 1.165) is 31.5 Å². The summed E-state index contributed by atoms with van der Waals surface area (Å²) in [5, 5.41) is 0. The van der Waals surface area contributed by atoms with Gasteiger partial charge >= 0.3 is 0 Å². The summed E-state index contributed by atoms with van der Waals surface area (Å²) in [5.41, 5.74) is 7.38. The van der Waals surface area contributed by atoms with Crippen LogP contribution in [0.25, 0.3) is 0 Å². The van der Waals surface area contributed by atoms with Gasteiger partial charge in [-0.1, -0.05) is 6.07 Å². The summed E-state index contributed by atoms with van der Waals surface area (Å²) in [7, 11) is 0. The van der Waals surface area contributed by atoms with Crippen LogP contribution in [0.4, 0.5) is 4.39 Å². The molecule has 1 aliphatic heterocycles. The van der Waals surface area contributed by atoms with Crippen LogP contribution in [0, 0.1) is 24.6 Å². The number of rotatable bonds is 1. The van der Waals surface area contributed by atoms with E-state index in [1.807, 2.05) is 11.8 Å². The maximum absolute atomic E-state index is 13.3. The van der Waals surface area contributed by atoms with Crippen LogP contribution in [0.15, 0.2) is 18.2 Å². The number of nitrogens with two attached hydrogens (primary N) is 1. The molecule has 1 saturated heterocycles.